The Morgan fingerprint density at radius 2 is 1.84 bits per heavy atom. The summed E-state index contributed by atoms with van der Waals surface area (Å²) < 4.78 is 30.6. The lowest BCUT2D eigenvalue weighted by molar-refractivity contribution is -0.888. The van der Waals surface area contributed by atoms with E-state index in [0.717, 1.165) is 19.4 Å². The molecule has 0 radical (unpaired) electrons. The zero-order valence-electron chi connectivity index (χ0n) is 12.0. The maximum atomic E-state index is 11.2. The van der Waals surface area contributed by atoms with Gasteiger partial charge in [-0.3, -0.25) is 9.35 Å². The summed E-state index contributed by atoms with van der Waals surface area (Å²) in [5.41, 5.74) is 0.490. The molecule has 0 unspecified atom stereocenters. The summed E-state index contributed by atoms with van der Waals surface area (Å²) in [6.07, 6.45) is 1.70. The number of unbranched alkanes of at least 4 members (excludes halogenated alkanes) is 1. The molecule has 0 spiro atoms. The molecule has 0 atom stereocenters. The Bertz CT molecular complexity index is 415. The second-order valence-electron chi connectivity index (χ2n) is 5.41. The SMILES string of the molecule is C=C(C)C(=O)NCCCC[N+](C)(C)CCS(=O)(=O)O. The number of quaternary nitrogens is 1. The molecule has 1 amide bonds. The van der Waals surface area contributed by atoms with Gasteiger partial charge in [0.05, 0.1) is 27.2 Å². The Hall–Kier alpha value is -0.920. The molecule has 2 N–H and O–H groups in total. The first-order valence-corrected chi connectivity index (χ1v) is 7.85. The second kappa shape index (κ2) is 7.62. The van der Waals surface area contributed by atoms with E-state index in [-0.39, 0.29) is 11.7 Å². The molecule has 0 aromatic heterocycles. The molecule has 0 aromatic rings. The molecule has 0 heterocycles. The third-order valence-corrected chi connectivity index (χ3v) is 3.52. The van der Waals surface area contributed by atoms with Gasteiger partial charge in [0, 0.05) is 12.1 Å². The zero-order chi connectivity index (χ0) is 15.1. The molecule has 19 heavy (non-hydrogen) atoms. The van der Waals surface area contributed by atoms with Crippen LogP contribution in [0.2, 0.25) is 0 Å². The van der Waals surface area contributed by atoms with Gasteiger partial charge in [0.25, 0.3) is 10.1 Å². The Morgan fingerprint density at radius 3 is 2.32 bits per heavy atom. The largest absolute Gasteiger partial charge is 0.352 e. The van der Waals surface area contributed by atoms with Crippen molar-refractivity contribution in [1.82, 2.24) is 5.32 Å². The molecule has 0 saturated carbocycles. The van der Waals surface area contributed by atoms with E-state index in [0.29, 0.717) is 23.1 Å². The highest BCUT2D eigenvalue weighted by Crippen LogP contribution is 2.02. The van der Waals surface area contributed by atoms with E-state index in [4.69, 9.17) is 4.55 Å². The van der Waals surface area contributed by atoms with Crippen molar-refractivity contribution in [2.24, 2.45) is 0 Å². The number of nitrogens with one attached hydrogen (secondary N) is 1. The van der Waals surface area contributed by atoms with E-state index in [2.05, 4.69) is 11.9 Å². The first kappa shape index (κ1) is 18.1. The summed E-state index contributed by atoms with van der Waals surface area (Å²) in [6, 6.07) is 0. The van der Waals surface area contributed by atoms with Crippen LogP contribution in [0.15, 0.2) is 12.2 Å². The van der Waals surface area contributed by atoms with E-state index in [1.165, 1.54) is 0 Å². The molecule has 0 rings (SSSR count). The van der Waals surface area contributed by atoms with Crippen LogP contribution in [-0.4, -0.2) is 62.8 Å². The van der Waals surface area contributed by atoms with Gasteiger partial charge in [0.2, 0.25) is 5.91 Å². The molecule has 112 valence electrons. The van der Waals surface area contributed by atoms with Crippen LogP contribution in [0.4, 0.5) is 0 Å². The standard InChI is InChI=1S/C12H24N2O4S/c1-11(2)12(15)13-7-5-6-8-14(3,4)9-10-19(16,17)18/h1,5-10H2,2-4H3,(H-,13,15,16,17,18)/p+1. The van der Waals surface area contributed by atoms with Gasteiger partial charge >= 0.3 is 0 Å². The molecular formula is C12H25N2O4S+. The van der Waals surface area contributed by atoms with Gasteiger partial charge in [0.1, 0.15) is 5.75 Å². The molecule has 7 heteroatoms. The van der Waals surface area contributed by atoms with Crippen molar-refractivity contribution < 1.29 is 22.2 Å². The van der Waals surface area contributed by atoms with Crippen LogP contribution in [-0.2, 0) is 14.9 Å². The lowest BCUT2D eigenvalue weighted by Crippen LogP contribution is -2.44. The van der Waals surface area contributed by atoms with Gasteiger partial charge < -0.3 is 9.80 Å². The minimum absolute atomic E-state index is 0.139. The Labute approximate surface area is 115 Å². The number of amides is 1. The van der Waals surface area contributed by atoms with Crippen molar-refractivity contribution in [3.05, 3.63) is 12.2 Å². The van der Waals surface area contributed by atoms with Gasteiger partial charge in [-0.15, -0.1) is 0 Å². The Kier molecular flexibility index (Phi) is 7.25. The summed E-state index contributed by atoms with van der Waals surface area (Å²) >= 11 is 0. The Balaban J connectivity index is 3.81. The monoisotopic (exact) mass is 293 g/mol. The van der Waals surface area contributed by atoms with Crippen LogP contribution in [0.5, 0.6) is 0 Å². The fourth-order valence-corrected chi connectivity index (χ4v) is 2.22. The summed E-state index contributed by atoms with van der Waals surface area (Å²) in [5.74, 6) is -0.369. The molecule has 0 saturated heterocycles. The van der Waals surface area contributed by atoms with Gasteiger partial charge in [-0.2, -0.15) is 8.42 Å². The van der Waals surface area contributed by atoms with Crippen LogP contribution >= 0.6 is 0 Å². The summed E-state index contributed by atoms with van der Waals surface area (Å²) in [7, 11) is -0.0670. The normalized spacial score (nSPS) is 12.2. The topological polar surface area (TPSA) is 83.5 Å². The highest BCUT2D eigenvalue weighted by molar-refractivity contribution is 7.85. The van der Waals surface area contributed by atoms with Crippen molar-refractivity contribution in [1.29, 1.82) is 0 Å². The van der Waals surface area contributed by atoms with E-state index in [1.807, 2.05) is 14.1 Å². The summed E-state index contributed by atoms with van der Waals surface area (Å²) in [5, 5.41) is 2.74. The van der Waals surface area contributed by atoms with Gasteiger partial charge in [0.15, 0.2) is 0 Å². The molecule has 6 nitrogen and oxygen atoms in total. The van der Waals surface area contributed by atoms with Gasteiger partial charge in [-0.25, -0.2) is 0 Å². The first-order valence-electron chi connectivity index (χ1n) is 6.24. The predicted molar refractivity (Wildman–Crippen MR) is 75.3 cm³/mol. The first-order chi connectivity index (χ1) is 8.53. The van der Waals surface area contributed by atoms with Crippen LogP contribution in [0.25, 0.3) is 0 Å². The molecule has 0 bridgehead atoms. The van der Waals surface area contributed by atoms with Gasteiger partial charge in [-0.1, -0.05) is 6.58 Å². The van der Waals surface area contributed by atoms with Crippen molar-refractivity contribution >= 4 is 16.0 Å². The average Bonchev–Trinajstić information content (AvgIpc) is 2.24. The Morgan fingerprint density at radius 1 is 1.26 bits per heavy atom. The minimum atomic E-state index is -3.90. The van der Waals surface area contributed by atoms with E-state index in [9.17, 15) is 13.2 Å². The van der Waals surface area contributed by atoms with Crippen molar-refractivity contribution in [2.45, 2.75) is 19.8 Å². The highest BCUT2D eigenvalue weighted by Gasteiger charge is 2.18. The summed E-state index contributed by atoms with van der Waals surface area (Å²) in [6.45, 7) is 6.95. The molecule has 0 aromatic carbocycles. The lowest BCUT2D eigenvalue weighted by atomic mass is 10.2. The number of nitrogens with zero attached hydrogens (tertiary/aromatic N) is 1. The lowest BCUT2D eigenvalue weighted by Gasteiger charge is -2.29. The number of hydrogen-bond acceptors (Lipinski definition) is 3. The van der Waals surface area contributed by atoms with Crippen LogP contribution < -0.4 is 5.32 Å². The molecule has 0 aliphatic carbocycles. The highest BCUT2D eigenvalue weighted by atomic mass is 32.2. The fourth-order valence-electron chi connectivity index (χ4n) is 1.49. The minimum Gasteiger partial charge on any atom is -0.352 e. The molecule has 0 aliphatic heterocycles. The smallest absolute Gasteiger partial charge is 0.270 e. The van der Waals surface area contributed by atoms with E-state index < -0.39 is 10.1 Å². The quantitative estimate of drug-likeness (QED) is 0.279. The fraction of sp³-hybridized carbons (Fsp3) is 0.750. The predicted octanol–water partition coefficient (Wildman–Crippen LogP) is 0.423. The number of rotatable bonds is 9. The van der Waals surface area contributed by atoms with E-state index in [1.54, 1.807) is 6.92 Å². The number of hydrogen-bond donors (Lipinski definition) is 2. The molecule has 0 fully saturated rings. The van der Waals surface area contributed by atoms with Crippen molar-refractivity contribution in [3.63, 3.8) is 0 Å². The van der Waals surface area contributed by atoms with Crippen LogP contribution in [0, 0.1) is 0 Å². The maximum absolute atomic E-state index is 11.2. The molecule has 0 aliphatic rings. The average molecular weight is 293 g/mol. The van der Waals surface area contributed by atoms with Crippen LogP contribution in [0.3, 0.4) is 0 Å². The second-order valence-corrected chi connectivity index (χ2v) is 6.98. The zero-order valence-corrected chi connectivity index (χ0v) is 12.8. The molecular weight excluding hydrogens is 268 g/mol. The van der Waals surface area contributed by atoms with Crippen molar-refractivity contribution in [2.75, 3.05) is 39.5 Å². The third-order valence-electron chi connectivity index (χ3n) is 2.82. The van der Waals surface area contributed by atoms with E-state index >= 15 is 0 Å². The summed E-state index contributed by atoms with van der Waals surface area (Å²) in [4.78, 5) is 11.2. The van der Waals surface area contributed by atoms with Gasteiger partial charge in [-0.05, 0) is 19.8 Å². The van der Waals surface area contributed by atoms with Crippen molar-refractivity contribution in [3.8, 4) is 0 Å². The maximum Gasteiger partial charge on any atom is 0.270 e. The third kappa shape index (κ3) is 10.7. The number of carbonyl (C=O) groups is 1. The number of carbonyl (C=O) groups excluding carboxylic acids is 1. The van der Waals surface area contributed by atoms with Crippen LogP contribution in [0.1, 0.15) is 19.8 Å².